The quantitative estimate of drug-likeness (QED) is 0.373. The van der Waals surface area contributed by atoms with Gasteiger partial charge in [0.15, 0.2) is 0 Å². The van der Waals surface area contributed by atoms with Crippen molar-refractivity contribution < 1.29 is 4.79 Å². The van der Waals surface area contributed by atoms with Gasteiger partial charge in [-0.2, -0.15) is 0 Å². The largest absolute Gasteiger partial charge is 0.352 e. The molecule has 96 valence electrons. The number of thioether (sulfide) groups is 1. The maximum absolute atomic E-state index is 11.3. The predicted molar refractivity (Wildman–Crippen MR) is 79.1 cm³/mol. The Bertz CT molecular complexity index is 426. The molecule has 1 amide bonds. The standard InChI is InChI=1S/C14H16ClNOS/c1-2-3-4-5-14(17)16-10-11-18-13-8-6-12(15)7-9-13/h2-9H,10-11H2,1H3,(H,16,17)/b3-2+,5-4+. The molecule has 0 aromatic heterocycles. The molecule has 0 unspecified atom stereocenters. The van der Waals surface area contributed by atoms with Crippen LogP contribution < -0.4 is 5.32 Å². The fourth-order valence-electron chi connectivity index (χ4n) is 1.19. The number of amides is 1. The summed E-state index contributed by atoms with van der Waals surface area (Å²) < 4.78 is 0. The predicted octanol–water partition coefficient (Wildman–Crippen LogP) is 3.68. The lowest BCUT2D eigenvalue weighted by molar-refractivity contribution is -0.116. The smallest absolute Gasteiger partial charge is 0.244 e. The number of allylic oxidation sites excluding steroid dienone is 3. The lowest BCUT2D eigenvalue weighted by atomic mass is 10.4. The van der Waals surface area contributed by atoms with E-state index in [2.05, 4.69) is 5.32 Å². The maximum Gasteiger partial charge on any atom is 0.244 e. The van der Waals surface area contributed by atoms with Crippen molar-refractivity contribution in [3.05, 3.63) is 53.6 Å². The minimum atomic E-state index is -0.0650. The zero-order chi connectivity index (χ0) is 13.2. The Kier molecular flexibility index (Phi) is 7.30. The van der Waals surface area contributed by atoms with E-state index in [0.29, 0.717) is 6.54 Å². The molecule has 0 spiro atoms. The number of carbonyl (C=O) groups is 1. The highest BCUT2D eigenvalue weighted by Gasteiger charge is 1.96. The van der Waals surface area contributed by atoms with Gasteiger partial charge in [0, 0.05) is 28.3 Å². The van der Waals surface area contributed by atoms with Gasteiger partial charge in [0.05, 0.1) is 0 Å². The van der Waals surface area contributed by atoms with Gasteiger partial charge in [-0.3, -0.25) is 4.79 Å². The SMILES string of the molecule is C/C=C/C=C/C(=O)NCCSc1ccc(Cl)cc1. The molecule has 2 nitrogen and oxygen atoms in total. The Morgan fingerprint density at radius 2 is 2.06 bits per heavy atom. The van der Waals surface area contributed by atoms with Crippen molar-refractivity contribution in [3.63, 3.8) is 0 Å². The lowest BCUT2D eigenvalue weighted by Crippen LogP contribution is -2.23. The fourth-order valence-corrected chi connectivity index (χ4v) is 2.08. The van der Waals surface area contributed by atoms with E-state index in [-0.39, 0.29) is 5.91 Å². The molecule has 0 aliphatic carbocycles. The highest BCUT2D eigenvalue weighted by molar-refractivity contribution is 7.99. The molecule has 0 saturated heterocycles. The summed E-state index contributed by atoms with van der Waals surface area (Å²) in [4.78, 5) is 12.5. The third-order valence-electron chi connectivity index (χ3n) is 2.03. The molecular formula is C14H16ClNOS. The Labute approximate surface area is 117 Å². The Morgan fingerprint density at radius 3 is 2.72 bits per heavy atom. The van der Waals surface area contributed by atoms with Crippen LogP contribution in [0.2, 0.25) is 5.02 Å². The minimum absolute atomic E-state index is 0.0650. The molecule has 0 bridgehead atoms. The summed E-state index contributed by atoms with van der Waals surface area (Å²) in [6.07, 6.45) is 6.94. The molecule has 1 N–H and O–H groups in total. The number of halogens is 1. The summed E-state index contributed by atoms with van der Waals surface area (Å²) >= 11 is 7.48. The van der Waals surface area contributed by atoms with Crippen molar-refractivity contribution in [3.8, 4) is 0 Å². The number of benzene rings is 1. The van der Waals surface area contributed by atoms with Gasteiger partial charge in [-0.1, -0.05) is 29.8 Å². The Hall–Kier alpha value is -1.19. The number of rotatable bonds is 6. The molecule has 0 radical (unpaired) electrons. The van der Waals surface area contributed by atoms with Gasteiger partial charge in [0.1, 0.15) is 0 Å². The van der Waals surface area contributed by atoms with Crippen molar-refractivity contribution in [1.29, 1.82) is 0 Å². The van der Waals surface area contributed by atoms with Crippen molar-refractivity contribution in [2.24, 2.45) is 0 Å². The Morgan fingerprint density at radius 1 is 1.33 bits per heavy atom. The van der Waals surface area contributed by atoms with Crippen LogP contribution in [0, 0.1) is 0 Å². The summed E-state index contributed by atoms with van der Waals surface area (Å²) in [5.74, 6) is 0.773. The Balaban J connectivity index is 2.18. The fraction of sp³-hybridized carbons (Fsp3) is 0.214. The van der Waals surface area contributed by atoms with E-state index in [1.54, 1.807) is 17.8 Å². The van der Waals surface area contributed by atoms with Crippen molar-refractivity contribution >= 4 is 29.3 Å². The molecule has 0 aliphatic rings. The number of nitrogens with one attached hydrogen (secondary N) is 1. The van der Waals surface area contributed by atoms with Crippen LogP contribution in [0.1, 0.15) is 6.92 Å². The van der Waals surface area contributed by atoms with Crippen LogP contribution in [-0.2, 0) is 4.79 Å². The normalized spacial score (nSPS) is 11.2. The second-order valence-corrected chi connectivity index (χ2v) is 5.08. The first-order chi connectivity index (χ1) is 8.72. The van der Waals surface area contributed by atoms with E-state index in [1.807, 2.05) is 43.3 Å². The van der Waals surface area contributed by atoms with E-state index in [0.717, 1.165) is 15.7 Å². The van der Waals surface area contributed by atoms with Crippen LogP contribution in [0.15, 0.2) is 53.5 Å². The first-order valence-corrected chi connectivity index (χ1v) is 7.04. The summed E-state index contributed by atoms with van der Waals surface area (Å²) in [5.41, 5.74) is 0. The molecule has 0 saturated carbocycles. The molecule has 1 rings (SSSR count). The molecule has 0 aliphatic heterocycles. The van der Waals surface area contributed by atoms with Gasteiger partial charge < -0.3 is 5.32 Å². The zero-order valence-corrected chi connectivity index (χ0v) is 11.8. The van der Waals surface area contributed by atoms with Crippen molar-refractivity contribution in [2.45, 2.75) is 11.8 Å². The van der Waals surface area contributed by atoms with Crippen LogP contribution in [0.25, 0.3) is 0 Å². The number of hydrogen-bond acceptors (Lipinski definition) is 2. The van der Waals surface area contributed by atoms with Gasteiger partial charge in [0.2, 0.25) is 5.91 Å². The third kappa shape index (κ3) is 6.52. The van der Waals surface area contributed by atoms with E-state index in [9.17, 15) is 4.79 Å². The van der Waals surface area contributed by atoms with Gasteiger partial charge >= 0.3 is 0 Å². The monoisotopic (exact) mass is 281 g/mol. The average Bonchev–Trinajstić information content (AvgIpc) is 2.37. The number of hydrogen-bond donors (Lipinski definition) is 1. The molecule has 0 fully saturated rings. The molecular weight excluding hydrogens is 266 g/mol. The maximum atomic E-state index is 11.3. The summed E-state index contributed by atoms with van der Waals surface area (Å²) in [5, 5.41) is 3.55. The minimum Gasteiger partial charge on any atom is -0.352 e. The van der Waals surface area contributed by atoms with Gasteiger partial charge in [-0.05, 0) is 31.2 Å². The van der Waals surface area contributed by atoms with Crippen LogP contribution >= 0.6 is 23.4 Å². The highest BCUT2D eigenvalue weighted by atomic mass is 35.5. The highest BCUT2D eigenvalue weighted by Crippen LogP contribution is 2.19. The second kappa shape index (κ2) is 8.84. The van der Waals surface area contributed by atoms with Crippen molar-refractivity contribution in [1.82, 2.24) is 5.32 Å². The molecule has 0 heterocycles. The van der Waals surface area contributed by atoms with Crippen LogP contribution in [0.5, 0.6) is 0 Å². The average molecular weight is 282 g/mol. The van der Waals surface area contributed by atoms with Crippen LogP contribution in [0.3, 0.4) is 0 Å². The molecule has 0 atom stereocenters. The topological polar surface area (TPSA) is 29.1 Å². The molecule has 1 aromatic carbocycles. The van der Waals surface area contributed by atoms with E-state index in [4.69, 9.17) is 11.6 Å². The molecule has 18 heavy (non-hydrogen) atoms. The first-order valence-electron chi connectivity index (χ1n) is 5.68. The zero-order valence-electron chi connectivity index (χ0n) is 10.2. The van der Waals surface area contributed by atoms with Gasteiger partial charge in [-0.15, -0.1) is 11.8 Å². The number of carbonyl (C=O) groups excluding carboxylic acids is 1. The van der Waals surface area contributed by atoms with Gasteiger partial charge in [-0.25, -0.2) is 0 Å². The summed E-state index contributed by atoms with van der Waals surface area (Å²) in [6.45, 7) is 2.55. The first kappa shape index (κ1) is 14.9. The lowest BCUT2D eigenvalue weighted by Gasteiger charge is -2.02. The molecule has 4 heteroatoms. The van der Waals surface area contributed by atoms with Crippen LogP contribution in [-0.4, -0.2) is 18.2 Å². The van der Waals surface area contributed by atoms with Crippen molar-refractivity contribution in [2.75, 3.05) is 12.3 Å². The van der Waals surface area contributed by atoms with E-state index < -0.39 is 0 Å². The summed E-state index contributed by atoms with van der Waals surface area (Å²) in [6, 6.07) is 7.67. The molecule has 1 aromatic rings. The second-order valence-electron chi connectivity index (χ2n) is 3.48. The van der Waals surface area contributed by atoms with Gasteiger partial charge in [0.25, 0.3) is 0 Å². The van der Waals surface area contributed by atoms with E-state index >= 15 is 0 Å². The van der Waals surface area contributed by atoms with E-state index in [1.165, 1.54) is 6.08 Å². The summed E-state index contributed by atoms with van der Waals surface area (Å²) in [7, 11) is 0. The third-order valence-corrected chi connectivity index (χ3v) is 3.30. The van der Waals surface area contributed by atoms with Crippen LogP contribution in [0.4, 0.5) is 0 Å².